The van der Waals surface area contributed by atoms with Crippen LogP contribution in [0.4, 0.5) is 0 Å². The highest BCUT2D eigenvalue weighted by Crippen LogP contribution is 2.14. The van der Waals surface area contributed by atoms with Crippen molar-refractivity contribution in [3.8, 4) is 0 Å². The molecular formula is C16H44N4O6Si2. The first-order valence-corrected chi connectivity index (χ1v) is 13.4. The molecule has 28 heavy (non-hydrogen) atoms. The molecule has 6 N–H and O–H groups in total. The molecule has 0 rings (SSSR count). The SMILES string of the molecule is CO[Si](CCCNC(C)N)(OC)OC.CO[Si](CCCNCCN)(OC)OC. The third-order valence-corrected chi connectivity index (χ3v) is 9.81. The van der Waals surface area contributed by atoms with Crippen molar-refractivity contribution in [1.82, 2.24) is 10.6 Å². The lowest BCUT2D eigenvalue weighted by Crippen LogP contribution is -2.43. The van der Waals surface area contributed by atoms with Gasteiger partial charge in [-0.2, -0.15) is 0 Å². The second kappa shape index (κ2) is 19.0. The molecule has 0 bridgehead atoms. The van der Waals surface area contributed by atoms with Crippen LogP contribution in [0.1, 0.15) is 19.8 Å². The van der Waals surface area contributed by atoms with E-state index in [1.54, 1.807) is 42.7 Å². The van der Waals surface area contributed by atoms with Crippen molar-refractivity contribution in [2.45, 2.75) is 38.0 Å². The summed E-state index contributed by atoms with van der Waals surface area (Å²) in [5, 5.41) is 6.33. The van der Waals surface area contributed by atoms with Crippen molar-refractivity contribution in [2.24, 2.45) is 11.5 Å². The predicted molar refractivity (Wildman–Crippen MR) is 116 cm³/mol. The van der Waals surface area contributed by atoms with Gasteiger partial charge in [-0.25, -0.2) is 0 Å². The molecule has 0 aromatic rings. The zero-order valence-corrected chi connectivity index (χ0v) is 20.8. The van der Waals surface area contributed by atoms with Gasteiger partial charge in [0.15, 0.2) is 0 Å². The fourth-order valence-electron chi connectivity index (χ4n) is 2.40. The van der Waals surface area contributed by atoms with E-state index in [-0.39, 0.29) is 6.17 Å². The van der Waals surface area contributed by atoms with Crippen LogP contribution in [0.2, 0.25) is 12.1 Å². The summed E-state index contributed by atoms with van der Waals surface area (Å²) in [5.74, 6) is 0. The van der Waals surface area contributed by atoms with Gasteiger partial charge in [0, 0.05) is 67.8 Å². The predicted octanol–water partition coefficient (Wildman–Crippen LogP) is -0.0482. The van der Waals surface area contributed by atoms with E-state index in [0.717, 1.165) is 44.6 Å². The molecule has 0 fully saturated rings. The minimum atomic E-state index is -2.37. The summed E-state index contributed by atoms with van der Waals surface area (Å²) >= 11 is 0. The summed E-state index contributed by atoms with van der Waals surface area (Å²) in [7, 11) is 5.05. The molecule has 0 saturated heterocycles. The Hall–Kier alpha value is 0.0338. The number of rotatable bonds is 17. The second-order valence-corrected chi connectivity index (χ2v) is 12.3. The van der Waals surface area contributed by atoms with Gasteiger partial charge in [-0.15, -0.1) is 0 Å². The zero-order chi connectivity index (χ0) is 21.9. The molecule has 0 aromatic heterocycles. The summed E-state index contributed by atoms with van der Waals surface area (Å²) in [6, 6.07) is 1.63. The molecule has 0 amide bonds. The monoisotopic (exact) mass is 444 g/mol. The number of nitrogens with one attached hydrogen (secondary N) is 2. The van der Waals surface area contributed by atoms with E-state index in [1.807, 2.05) is 6.92 Å². The molecule has 0 aliphatic carbocycles. The summed E-state index contributed by atoms with van der Waals surface area (Å²) in [6.45, 7) is 5.20. The summed E-state index contributed by atoms with van der Waals surface area (Å²) in [4.78, 5) is 0. The molecule has 0 aliphatic rings. The van der Waals surface area contributed by atoms with Crippen molar-refractivity contribution in [1.29, 1.82) is 0 Å². The molecule has 0 aliphatic heterocycles. The molecule has 10 nitrogen and oxygen atoms in total. The molecule has 0 heterocycles. The van der Waals surface area contributed by atoms with Crippen LogP contribution in [0.25, 0.3) is 0 Å². The van der Waals surface area contributed by atoms with Gasteiger partial charge in [0.2, 0.25) is 0 Å². The van der Waals surface area contributed by atoms with Crippen LogP contribution in [0.3, 0.4) is 0 Å². The van der Waals surface area contributed by atoms with Gasteiger partial charge >= 0.3 is 17.6 Å². The fourth-order valence-corrected chi connectivity index (χ4v) is 5.85. The van der Waals surface area contributed by atoms with E-state index in [9.17, 15) is 0 Å². The van der Waals surface area contributed by atoms with Gasteiger partial charge in [0.25, 0.3) is 0 Å². The highest BCUT2D eigenvalue weighted by atomic mass is 28.4. The Kier molecular flexibility index (Phi) is 20.5. The maximum absolute atomic E-state index is 5.55. The van der Waals surface area contributed by atoms with Crippen LogP contribution >= 0.6 is 0 Å². The van der Waals surface area contributed by atoms with Crippen molar-refractivity contribution in [3.63, 3.8) is 0 Å². The molecule has 1 atom stereocenters. The normalized spacial score (nSPS) is 13.2. The third-order valence-electron chi connectivity index (χ3n) is 4.15. The first kappa shape index (κ1) is 30.2. The second-order valence-electron chi connectivity index (χ2n) is 6.08. The van der Waals surface area contributed by atoms with Crippen LogP contribution in [0, 0.1) is 0 Å². The molecule has 172 valence electrons. The Morgan fingerprint density at radius 1 is 0.714 bits per heavy atom. The number of nitrogens with two attached hydrogens (primary N) is 2. The Bertz CT molecular complexity index is 322. The van der Waals surface area contributed by atoms with E-state index >= 15 is 0 Å². The average Bonchev–Trinajstić information content (AvgIpc) is 2.72. The first-order valence-electron chi connectivity index (χ1n) is 9.55. The largest absolute Gasteiger partial charge is 0.500 e. The topological polar surface area (TPSA) is 131 Å². The van der Waals surface area contributed by atoms with E-state index in [4.69, 9.17) is 38.0 Å². The highest BCUT2D eigenvalue weighted by Gasteiger charge is 2.37. The number of hydrogen-bond donors (Lipinski definition) is 4. The van der Waals surface area contributed by atoms with Crippen LogP contribution in [0.15, 0.2) is 0 Å². The Morgan fingerprint density at radius 3 is 1.43 bits per heavy atom. The zero-order valence-electron chi connectivity index (χ0n) is 18.8. The summed E-state index contributed by atoms with van der Waals surface area (Å²) < 4.78 is 31.7. The lowest BCUT2D eigenvalue weighted by atomic mass is 10.4. The number of hydrogen-bond acceptors (Lipinski definition) is 10. The smallest absolute Gasteiger partial charge is 0.377 e. The van der Waals surface area contributed by atoms with E-state index in [2.05, 4.69) is 10.6 Å². The molecule has 0 saturated carbocycles. The minimum absolute atomic E-state index is 0.0266. The third kappa shape index (κ3) is 14.1. The Balaban J connectivity index is 0. The van der Waals surface area contributed by atoms with Crippen LogP contribution in [-0.4, -0.2) is 92.6 Å². The summed E-state index contributed by atoms with van der Waals surface area (Å²) in [5.41, 5.74) is 10.9. The van der Waals surface area contributed by atoms with Gasteiger partial charge in [-0.05, 0) is 32.9 Å². The van der Waals surface area contributed by atoms with Gasteiger partial charge in [-0.1, -0.05) is 0 Å². The minimum Gasteiger partial charge on any atom is -0.377 e. The van der Waals surface area contributed by atoms with E-state index < -0.39 is 17.6 Å². The van der Waals surface area contributed by atoms with Crippen LogP contribution < -0.4 is 22.1 Å². The molecule has 1 unspecified atom stereocenters. The summed E-state index contributed by atoms with van der Waals surface area (Å²) in [6.07, 6.45) is 1.93. The van der Waals surface area contributed by atoms with E-state index in [0.29, 0.717) is 6.54 Å². The van der Waals surface area contributed by atoms with Crippen LogP contribution in [-0.2, 0) is 26.6 Å². The maximum atomic E-state index is 5.55. The highest BCUT2D eigenvalue weighted by molar-refractivity contribution is 6.60. The van der Waals surface area contributed by atoms with Gasteiger partial charge < -0.3 is 48.7 Å². The van der Waals surface area contributed by atoms with Gasteiger partial charge in [-0.3, -0.25) is 0 Å². The quantitative estimate of drug-likeness (QED) is 0.137. The fraction of sp³-hybridized carbons (Fsp3) is 1.00. The van der Waals surface area contributed by atoms with Crippen molar-refractivity contribution < 1.29 is 26.6 Å². The molecule has 0 aromatic carbocycles. The van der Waals surface area contributed by atoms with Gasteiger partial charge in [0.1, 0.15) is 0 Å². The molecule has 0 radical (unpaired) electrons. The maximum Gasteiger partial charge on any atom is 0.500 e. The Labute approximate surface area is 173 Å². The lowest BCUT2D eigenvalue weighted by molar-refractivity contribution is 0.122. The van der Waals surface area contributed by atoms with Crippen molar-refractivity contribution in [2.75, 3.05) is 68.8 Å². The standard InChI is InChI=1S/2C8H22N2O3Si/c1-8(9)10-6-5-7-14(11-2,12-3)13-4;1-11-14(12-2,13-3)8-4-6-10-7-5-9/h8,10H,5-7,9H2,1-4H3;10H,4-9H2,1-3H3. The molecular weight excluding hydrogens is 400 g/mol. The average molecular weight is 445 g/mol. The van der Waals surface area contributed by atoms with Gasteiger partial charge in [0.05, 0.1) is 6.17 Å². The van der Waals surface area contributed by atoms with Crippen LogP contribution in [0.5, 0.6) is 0 Å². The van der Waals surface area contributed by atoms with Crippen molar-refractivity contribution in [3.05, 3.63) is 0 Å². The molecule has 0 spiro atoms. The Morgan fingerprint density at radius 2 is 1.11 bits per heavy atom. The van der Waals surface area contributed by atoms with E-state index in [1.165, 1.54) is 0 Å². The molecule has 12 heteroatoms. The lowest BCUT2D eigenvalue weighted by Gasteiger charge is -2.24. The first-order chi connectivity index (χ1) is 13.3. The van der Waals surface area contributed by atoms with Crippen molar-refractivity contribution >= 4 is 17.6 Å².